The van der Waals surface area contributed by atoms with Crippen LogP contribution in [0.5, 0.6) is 5.75 Å². The summed E-state index contributed by atoms with van der Waals surface area (Å²) in [7, 11) is -3.99. The first-order chi connectivity index (χ1) is 11.3. The van der Waals surface area contributed by atoms with Crippen LogP contribution < -0.4 is 14.8 Å². The van der Waals surface area contributed by atoms with Gasteiger partial charge in [0, 0.05) is 25.2 Å². The summed E-state index contributed by atoms with van der Waals surface area (Å²) in [4.78, 5) is 21.9. The van der Waals surface area contributed by atoms with E-state index in [0.717, 1.165) is 0 Å². The first-order valence-electron chi connectivity index (χ1n) is 6.96. The van der Waals surface area contributed by atoms with Crippen LogP contribution in [0.2, 0.25) is 0 Å². The van der Waals surface area contributed by atoms with Crippen molar-refractivity contribution in [3.05, 3.63) is 48.5 Å². The first kappa shape index (κ1) is 17.5. The van der Waals surface area contributed by atoms with E-state index in [1.165, 1.54) is 62.4 Å². The molecule has 0 saturated carbocycles. The molecule has 2 rings (SSSR count). The lowest BCUT2D eigenvalue weighted by Crippen LogP contribution is -2.11. The van der Waals surface area contributed by atoms with E-state index in [4.69, 9.17) is 4.18 Å². The Morgan fingerprint density at radius 3 is 1.62 bits per heavy atom. The van der Waals surface area contributed by atoms with Gasteiger partial charge in [-0.25, -0.2) is 0 Å². The zero-order valence-corrected chi connectivity index (χ0v) is 13.9. The number of benzene rings is 2. The van der Waals surface area contributed by atoms with Crippen molar-refractivity contribution in [1.29, 1.82) is 0 Å². The molecule has 2 amide bonds. The van der Waals surface area contributed by atoms with Gasteiger partial charge in [-0.15, -0.1) is 0 Å². The van der Waals surface area contributed by atoms with Crippen molar-refractivity contribution in [2.75, 3.05) is 10.6 Å². The highest BCUT2D eigenvalue weighted by Crippen LogP contribution is 2.22. The molecular weight excluding hydrogens is 332 g/mol. The SMILES string of the molecule is CC(=O)Nc1ccc(OS(=O)(=O)c2ccc(NC(C)=O)cc2)cc1. The lowest BCUT2D eigenvalue weighted by molar-refractivity contribution is -0.115. The molecule has 0 spiro atoms. The minimum absolute atomic E-state index is 0.0393. The molecule has 0 heterocycles. The van der Waals surface area contributed by atoms with E-state index in [2.05, 4.69) is 10.6 Å². The lowest BCUT2D eigenvalue weighted by Gasteiger charge is -2.09. The zero-order valence-electron chi connectivity index (χ0n) is 13.1. The third-order valence-electron chi connectivity index (χ3n) is 2.84. The van der Waals surface area contributed by atoms with E-state index in [1.807, 2.05) is 0 Å². The van der Waals surface area contributed by atoms with Crippen LogP contribution in [-0.4, -0.2) is 20.2 Å². The smallest absolute Gasteiger partial charge is 0.339 e. The molecule has 0 aliphatic rings. The van der Waals surface area contributed by atoms with Crippen LogP contribution >= 0.6 is 0 Å². The van der Waals surface area contributed by atoms with Gasteiger partial charge in [0.1, 0.15) is 10.6 Å². The Hall–Kier alpha value is -2.87. The van der Waals surface area contributed by atoms with Crippen LogP contribution in [0, 0.1) is 0 Å². The van der Waals surface area contributed by atoms with E-state index in [1.54, 1.807) is 0 Å². The monoisotopic (exact) mass is 348 g/mol. The van der Waals surface area contributed by atoms with Gasteiger partial charge in [-0.05, 0) is 48.5 Å². The second-order valence-corrected chi connectivity index (χ2v) is 6.49. The summed E-state index contributed by atoms with van der Waals surface area (Å²) in [5, 5.41) is 5.12. The molecule has 0 atom stereocenters. The van der Waals surface area contributed by atoms with Crippen molar-refractivity contribution in [3.8, 4) is 5.75 Å². The fourth-order valence-corrected chi connectivity index (χ4v) is 2.81. The summed E-state index contributed by atoms with van der Waals surface area (Å²) in [5.74, 6) is -0.355. The van der Waals surface area contributed by atoms with Gasteiger partial charge in [-0.2, -0.15) is 8.42 Å². The molecule has 0 aromatic heterocycles. The Morgan fingerprint density at radius 2 is 1.21 bits per heavy atom. The summed E-state index contributed by atoms with van der Waals surface area (Å²) in [5.41, 5.74) is 1.02. The van der Waals surface area contributed by atoms with Crippen molar-refractivity contribution in [3.63, 3.8) is 0 Å². The minimum Gasteiger partial charge on any atom is -0.379 e. The second kappa shape index (κ2) is 7.14. The largest absolute Gasteiger partial charge is 0.379 e. The molecule has 0 saturated heterocycles. The molecule has 0 aliphatic carbocycles. The highest BCUT2D eigenvalue weighted by molar-refractivity contribution is 7.87. The van der Waals surface area contributed by atoms with E-state index in [0.29, 0.717) is 11.4 Å². The third-order valence-corrected chi connectivity index (χ3v) is 4.11. The van der Waals surface area contributed by atoms with E-state index < -0.39 is 10.1 Å². The van der Waals surface area contributed by atoms with Crippen LogP contribution in [0.15, 0.2) is 53.4 Å². The van der Waals surface area contributed by atoms with Crippen LogP contribution in [0.4, 0.5) is 11.4 Å². The van der Waals surface area contributed by atoms with Gasteiger partial charge in [0.15, 0.2) is 0 Å². The number of hydrogen-bond donors (Lipinski definition) is 2. The molecule has 24 heavy (non-hydrogen) atoms. The normalized spacial score (nSPS) is 10.8. The van der Waals surface area contributed by atoms with Gasteiger partial charge in [-0.3, -0.25) is 9.59 Å². The lowest BCUT2D eigenvalue weighted by atomic mass is 10.3. The minimum atomic E-state index is -3.99. The van der Waals surface area contributed by atoms with Gasteiger partial charge in [-0.1, -0.05) is 0 Å². The average molecular weight is 348 g/mol. The third kappa shape index (κ3) is 4.82. The number of anilines is 2. The van der Waals surface area contributed by atoms with Crippen LogP contribution in [0.3, 0.4) is 0 Å². The predicted octanol–water partition coefficient (Wildman–Crippen LogP) is 2.37. The summed E-state index contributed by atoms with van der Waals surface area (Å²) < 4.78 is 29.5. The number of nitrogens with one attached hydrogen (secondary N) is 2. The molecule has 7 nitrogen and oxygen atoms in total. The fourth-order valence-electron chi connectivity index (χ4n) is 1.88. The van der Waals surface area contributed by atoms with Gasteiger partial charge in [0.25, 0.3) is 0 Å². The van der Waals surface area contributed by atoms with Crippen molar-refractivity contribution >= 4 is 33.3 Å². The van der Waals surface area contributed by atoms with E-state index in [9.17, 15) is 18.0 Å². The molecule has 0 unspecified atom stereocenters. The van der Waals surface area contributed by atoms with Crippen molar-refractivity contribution in [2.24, 2.45) is 0 Å². The molecule has 2 N–H and O–H groups in total. The first-order valence-corrected chi connectivity index (χ1v) is 8.37. The summed E-state index contributed by atoms with van der Waals surface area (Å²) in [6.07, 6.45) is 0. The maximum atomic E-state index is 12.2. The van der Waals surface area contributed by atoms with E-state index >= 15 is 0 Å². The molecular formula is C16H16N2O5S. The fraction of sp³-hybridized carbons (Fsp3) is 0.125. The molecule has 0 fully saturated rings. The van der Waals surface area contributed by atoms with Crippen LogP contribution in [0.25, 0.3) is 0 Å². The van der Waals surface area contributed by atoms with Gasteiger partial charge in [0.05, 0.1) is 0 Å². The van der Waals surface area contributed by atoms with Crippen molar-refractivity contribution < 1.29 is 22.2 Å². The Bertz CT molecular complexity index is 843. The van der Waals surface area contributed by atoms with Crippen LogP contribution in [0.1, 0.15) is 13.8 Å². The number of carbonyl (C=O) groups is 2. The Balaban J connectivity index is 2.12. The second-order valence-electron chi connectivity index (χ2n) is 4.95. The van der Waals surface area contributed by atoms with Crippen molar-refractivity contribution in [2.45, 2.75) is 18.7 Å². The Morgan fingerprint density at radius 1 is 0.792 bits per heavy atom. The number of amides is 2. The maximum Gasteiger partial charge on any atom is 0.339 e. The molecule has 126 valence electrons. The maximum absolute atomic E-state index is 12.2. The number of carbonyl (C=O) groups excluding carboxylic acids is 2. The molecule has 0 bridgehead atoms. The zero-order chi connectivity index (χ0) is 17.7. The van der Waals surface area contributed by atoms with Crippen LogP contribution in [-0.2, 0) is 19.7 Å². The topological polar surface area (TPSA) is 102 Å². The highest BCUT2D eigenvalue weighted by Gasteiger charge is 2.16. The standard InChI is InChI=1S/C16H16N2O5S/c1-11(19)17-13-3-7-15(8-4-13)23-24(21,22)16-9-5-14(6-10-16)18-12(2)20/h3-10H,1-2H3,(H,17,19)(H,18,20). The molecule has 0 aliphatic heterocycles. The van der Waals surface area contributed by atoms with Gasteiger partial charge >= 0.3 is 10.1 Å². The Kier molecular flexibility index (Phi) is 5.20. The van der Waals surface area contributed by atoms with Gasteiger partial charge < -0.3 is 14.8 Å². The van der Waals surface area contributed by atoms with Crippen molar-refractivity contribution in [1.82, 2.24) is 0 Å². The summed E-state index contributed by atoms with van der Waals surface area (Å²) in [6, 6.07) is 11.6. The number of hydrogen-bond acceptors (Lipinski definition) is 5. The van der Waals surface area contributed by atoms with Gasteiger partial charge in [0.2, 0.25) is 11.8 Å². The molecule has 2 aromatic carbocycles. The summed E-state index contributed by atoms with van der Waals surface area (Å²) >= 11 is 0. The Labute approximate surface area is 139 Å². The molecule has 8 heteroatoms. The molecule has 0 radical (unpaired) electrons. The highest BCUT2D eigenvalue weighted by atomic mass is 32.2. The predicted molar refractivity (Wildman–Crippen MR) is 89.3 cm³/mol. The average Bonchev–Trinajstić information content (AvgIpc) is 2.48. The van der Waals surface area contributed by atoms with E-state index in [-0.39, 0.29) is 22.5 Å². The molecule has 2 aromatic rings. The number of rotatable bonds is 5. The summed E-state index contributed by atoms with van der Waals surface area (Å²) in [6.45, 7) is 2.73. The quantitative estimate of drug-likeness (QED) is 0.808.